The summed E-state index contributed by atoms with van der Waals surface area (Å²) in [7, 11) is 3.94. The van der Waals surface area contributed by atoms with Crippen LogP contribution in [0, 0.1) is 0 Å². The van der Waals surface area contributed by atoms with Gasteiger partial charge in [-0.05, 0) is 18.2 Å². The summed E-state index contributed by atoms with van der Waals surface area (Å²) in [6.07, 6.45) is 0.131. The van der Waals surface area contributed by atoms with Gasteiger partial charge in [0.05, 0.1) is 6.42 Å². The van der Waals surface area contributed by atoms with Crippen LogP contribution < -0.4 is 10.2 Å². The number of rotatable bonds is 5. The Morgan fingerprint density at radius 2 is 2.20 bits per heavy atom. The fourth-order valence-electron chi connectivity index (χ4n) is 1.21. The van der Waals surface area contributed by atoms with E-state index in [0.717, 1.165) is 11.4 Å². The van der Waals surface area contributed by atoms with Crippen molar-refractivity contribution in [2.45, 2.75) is 6.42 Å². The lowest BCUT2D eigenvalue weighted by atomic mass is 10.2. The van der Waals surface area contributed by atoms with Crippen LogP contribution in [-0.2, 0) is 4.79 Å². The van der Waals surface area contributed by atoms with Crippen LogP contribution in [0.1, 0.15) is 6.42 Å². The molecule has 0 fully saturated rings. The zero-order valence-electron chi connectivity index (χ0n) is 9.03. The van der Waals surface area contributed by atoms with E-state index in [2.05, 4.69) is 5.32 Å². The van der Waals surface area contributed by atoms with Crippen LogP contribution in [0.3, 0.4) is 0 Å². The Bertz CT molecular complexity index is 337. The molecule has 4 nitrogen and oxygen atoms in total. The molecule has 0 atom stereocenters. The average molecular weight is 208 g/mol. The SMILES string of the molecule is CN(C)c1cccc(NCCC(=O)O)c1. The third kappa shape index (κ3) is 3.89. The van der Waals surface area contributed by atoms with Gasteiger partial charge in [0.2, 0.25) is 0 Å². The fourth-order valence-corrected chi connectivity index (χ4v) is 1.21. The second kappa shape index (κ2) is 5.24. The van der Waals surface area contributed by atoms with Gasteiger partial charge in [-0.1, -0.05) is 6.07 Å². The topological polar surface area (TPSA) is 52.6 Å². The molecular weight excluding hydrogens is 192 g/mol. The number of aliphatic carboxylic acids is 1. The van der Waals surface area contributed by atoms with Crippen molar-refractivity contribution in [1.29, 1.82) is 0 Å². The maximum Gasteiger partial charge on any atom is 0.305 e. The molecule has 0 spiro atoms. The standard InChI is InChI=1S/C11H16N2O2/c1-13(2)10-5-3-4-9(8-10)12-7-6-11(14)15/h3-5,8,12H,6-7H2,1-2H3,(H,14,15). The third-order valence-electron chi connectivity index (χ3n) is 2.03. The number of benzene rings is 1. The highest BCUT2D eigenvalue weighted by Gasteiger charge is 1.98. The molecule has 0 unspecified atom stereocenters. The Labute approximate surface area is 89.5 Å². The van der Waals surface area contributed by atoms with Gasteiger partial charge in [-0.15, -0.1) is 0 Å². The molecule has 0 saturated carbocycles. The second-order valence-corrected chi connectivity index (χ2v) is 3.52. The molecule has 0 heterocycles. The van der Waals surface area contributed by atoms with Gasteiger partial charge < -0.3 is 15.3 Å². The summed E-state index contributed by atoms with van der Waals surface area (Å²) in [5.74, 6) is -0.786. The zero-order chi connectivity index (χ0) is 11.3. The molecule has 82 valence electrons. The summed E-state index contributed by atoms with van der Waals surface area (Å²) in [4.78, 5) is 12.3. The molecular formula is C11H16N2O2. The Morgan fingerprint density at radius 3 is 2.80 bits per heavy atom. The normalized spacial score (nSPS) is 9.73. The number of carboxylic acids is 1. The second-order valence-electron chi connectivity index (χ2n) is 3.52. The first-order valence-corrected chi connectivity index (χ1v) is 4.82. The summed E-state index contributed by atoms with van der Waals surface area (Å²) in [6, 6.07) is 7.86. The van der Waals surface area contributed by atoms with Gasteiger partial charge in [0.25, 0.3) is 0 Å². The molecule has 0 radical (unpaired) electrons. The maximum absolute atomic E-state index is 10.3. The number of nitrogens with one attached hydrogen (secondary N) is 1. The highest BCUT2D eigenvalue weighted by atomic mass is 16.4. The van der Waals surface area contributed by atoms with E-state index in [4.69, 9.17) is 5.11 Å². The number of nitrogens with zero attached hydrogens (tertiary/aromatic N) is 1. The molecule has 1 rings (SSSR count). The Balaban J connectivity index is 2.54. The monoisotopic (exact) mass is 208 g/mol. The van der Waals surface area contributed by atoms with E-state index in [9.17, 15) is 4.79 Å². The zero-order valence-corrected chi connectivity index (χ0v) is 9.03. The first-order valence-electron chi connectivity index (χ1n) is 4.82. The van der Waals surface area contributed by atoms with Gasteiger partial charge >= 0.3 is 5.97 Å². The number of anilines is 2. The van der Waals surface area contributed by atoms with Crippen LogP contribution in [0.25, 0.3) is 0 Å². The quantitative estimate of drug-likeness (QED) is 0.772. The van der Waals surface area contributed by atoms with Crippen molar-refractivity contribution in [3.05, 3.63) is 24.3 Å². The number of carboxylic acid groups (broad SMARTS) is 1. The molecule has 1 aromatic carbocycles. The lowest BCUT2D eigenvalue weighted by molar-refractivity contribution is -0.136. The molecule has 15 heavy (non-hydrogen) atoms. The largest absolute Gasteiger partial charge is 0.481 e. The number of carbonyl (C=O) groups is 1. The minimum Gasteiger partial charge on any atom is -0.481 e. The lowest BCUT2D eigenvalue weighted by Crippen LogP contribution is -2.10. The van der Waals surface area contributed by atoms with E-state index in [0.29, 0.717) is 6.54 Å². The molecule has 0 saturated heterocycles. The van der Waals surface area contributed by atoms with Gasteiger partial charge in [-0.25, -0.2) is 0 Å². The summed E-state index contributed by atoms with van der Waals surface area (Å²) < 4.78 is 0. The first-order chi connectivity index (χ1) is 7.09. The lowest BCUT2D eigenvalue weighted by Gasteiger charge is -2.14. The summed E-state index contributed by atoms with van der Waals surface area (Å²) in [5, 5.41) is 11.5. The predicted molar refractivity (Wildman–Crippen MR) is 61.5 cm³/mol. The maximum atomic E-state index is 10.3. The van der Waals surface area contributed by atoms with Crippen LogP contribution in [-0.4, -0.2) is 31.7 Å². The van der Waals surface area contributed by atoms with Crippen molar-refractivity contribution < 1.29 is 9.90 Å². The van der Waals surface area contributed by atoms with Crippen LogP contribution in [0.5, 0.6) is 0 Å². The van der Waals surface area contributed by atoms with Crippen molar-refractivity contribution in [1.82, 2.24) is 0 Å². The van der Waals surface area contributed by atoms with Crippen LogP contribution >= 0.6 is 0 Å². The predicted octanol–water partition coefficient (Wildman–Crippen LogP) is 1.64. The van der Waals surface area contributed by atoms with Gasteiger partial charge in [-0.2, -0.15) is 0 Å². The molecule has 0 bridgehead atoms. The van der Waals surface area contributed by atoms with Gasteiger partial charge in [-0.3, -0.25) is 4.79 Å². The molecule has 0 aliphatic rings. The number of hydrogen-bond donors (Lipinski definition) is 2. The van der Waals surface area contributed by atoms with Crippen LogP contribution in [0.4, 0.5) is 11.4 Å². The van der Waals surface area contributed by atoms with E-state index < -0.39 is 5.97 Å². The molecule has 0 aromatic heterocycles. The van der Waals surface area contributed by atoms with Crippen molar-refractivity contribution in [2.75, 3.05) is 30.9 Å². The average Bonchev–Trinajstić information content (AvgIpc) is 2.17. The van der Waals surface area contributed by atoms with Crippen LogP contribution in [0.15, 0.2) is 24.3 Å². The van der Waals surface area contributed by atoms with Gasteiger partial charge in [0.15, 0.2) is 0 Å². The minimum atomic E-state index is -0.786. The van der Waals surface area contributed by atoms with E-state index in [1.807, 2.05) is 43.3 Å². The highest BCUT2D eigenvalue weighted by Crippen LogP contribution is 2.16. The van der Waals surface area contributed by atoms with Crippen molar-refractivity contribution in [3.8, 4) is 0 Å². The highest BCUT2D eigenvalue weighted by molar-refractivity contribution is 5.67. The fraction of sp³-hybridized carbons (Fsp3) is 0.364. The van der Waals surface area contributed by atoms with E-state index in [1.54, 1.807) is 0 Å². The van der Waals surface area contributed by atoms with Crippen molar-refractivity contribution in [3.63, 3.8) is 0 Å². The molecule has 2 N–H and O–H groups in total. The minimum absolute atomic E-state index is 0.131. The first kappa shape index (κ1) is 11.4. The van der Waals surface area contributed by atoms with E-state index in [-0.39, 0.29) is 6.42 Å². The Morgan fingerprint density at radius 1 is 1.47 bits per heavy atom. The molecule has 0 amide bonds. The summed E-state index contributed by atoms with van der Waals surface area (Å²) >= 11 is 0. The van der Waals surface area contributed by atoms with Gasteiger partial charge in [0, 0.05) is 32.0 Å². The Kier molecular flexibility index (Phi) is 3.97. The third-order valence-corrected chi connectivity index (χ3v) is 2.03. The molecule has 4 heteroatoms. The van der Waals surface area contributed by atoms with Crippen molar-refractivity contribution in [2.24, 2.45) is 0 Å². The molecule has 0 aliphatic carbocycles. The van der Waals surface area contributed by atoms with Gasteiger partial charge in [0.1, 0.15) is 0 Å². The Hall–Kier alpha value is -1.71. The summed E-state index contributed by atoms with van der Waals surface area (Å²) in [6.45, 7) is 0.451. The van der Waals surface area contributed by atoms with E-state index >= 15 is 0 Å². The van der Waals surface area contributed by atoms with E-state index in [1.165, 1.54) is 0 Å². The molecule has 0 aliphatic heterocycles. The molecule has 1 aromatic rings. The smallest absolute Gasteiger partial charge is 0.305 e. The summed E-state index contributed by atoms with van der Waals surface area (Å²) in [5.41, 5.74) is 2.04. The van der Waals surface area contributed by atoms with Crippen molar-refractivity contribution >= 4 is 17.3 Å². The number of hydrogen-bond acceptors (Lipinski definition) is 3. The van der Waals surface area contributed by atoms with Crippen LogP contribution in [0.2, 0.25) is 0 Å².